The monoisotopic (exact) mass is 239 g/mol. The number of hydrogen-bond acceptors (Lipinski definition) is 1. The first kappa shape index (κ1) is 15.0. The molecule has 0 aromatic heterocycles. The fourth-order valence-corrected chi connectivity index (χ4v) is 2.80. The summed E-state index contributed by atoms with van der Waals surface area (Å²) < 4.78 is 0. The molecule has 0 aliphatic carbocycles. The van der Waals surface area contributed by atoms with E-state index in [1.165, 1.54) is 25.9 Å². The predicted molar refractivity (Wildman–Crippen MR) is 77.3 cm³/mol. The average Bonchev–Trinajstić information content (AvgIpc) is 2.23. The highest BCUT2D eigenvalue weighted by molar-refractivity contribution is 4.95. The topological polar surface area (TPSA) is 3.24 Å². The molecule has 1 saturated heterocycles. The molecule has 0 spiro atoms. The van der Waals surface area contributed by atoms with E-state index in [1.807, 2.05) is 0 Å². The van der Waals surface area contributed by atoms with Gasteiger partial charge in [0.15, 0.2) is 0 Å². The van der Waals surface area contributed by atoms with Gasteiger partial charge in [-0.05, 0) is 42.9 Å². The van der Waals surface area contributed by atoms with Crippen LogP contribution in [0.4, 0.5) is 0 Å². The fraction of sp³-hybridized carbons (Fsp3) is 1.00. The van der Waals surface area contributed by atoms with Gasteiger partial charge in [0.2, 0.25) is 0 Å². The first-order valence-electron chi connectivity index (χ1n) is 7.21. The minimum absolute atomic E-state index is 0.389. The van der Waals surface area contributed by atoms with Crippen LogP contribution in [0.5, 0.6) is 0 Å². The molecule has 1 aliphatic heterocycles. The van der Waals surface area contributed by atoms with Crippen LogP contribution < -0.4 is 0 Å². The van der Waals surface area contributed by atoms with E-state index in [4.69, 9.17) is 0 Å². The molecule has 1 nitrogen and oxygen atoms in total. The number of likely N-dealkylation sites (tertiary alicyclic amines) is 1. The van der Waals surface area contributed by atoms with Gasteiger partial charge in [0.05, 0.1) is 0 Å². The predicted octanol–water partition coefficient (Wildman–Crippen LogP) is 4.57. The van der Waals surface area contributed by atoms with Crippen LogP contribution in [0.15, 0.2) is 0 Å². The Labute approximate surface area is 109 Å². The molecule has 0 aromatic carbocycles. The molecular weight excluding hydrogens is 206 g/mol. The Morgan fingerprint density at radius 3 is 1.88 bits per heavy atom. The second kappa shape index (κ2) is 4.57. The summed E-state index contributed by atoms with van der Waals surface area (Å²) in [6, 6.07) is 0.661. The van der Waals surface area contributed by atoms with Gasteiger partial charge in [-0.1, -0.05) is 41.5 Å². The molecule has 1 aliphatic rings. The lowest BCUT2D eigenvalue weighted by atomic mass is 9.64. The standard InChI is InChI=1S/C16H33N/c1-13(2)17-11-15(6,7)9-10-16(8,12-17)14(3,4)5/h13H,9-12H2,1-8H3. The van der Waals surface area contributed by atoms with Crippen molar-refractivity contribution in [2.45, 2.75) is 74.3 Å². The summed E-state index contributed by atoms with van der Waals surface area (Å²) in [6.07, 6.45) is 2.71. The first-order valence-corrected chi connectivity index (χ1v) is 7.21. The molecule has 1 heterocycles. The summed E-state index contributed by atoms with van der Waals surface area (Å²) in [7, 11) is 0. The van der Waals surface area contributed by atoms with Crippen LogP contribution in [0, 0.1) is 16.2 Å². The molecular formula is C16H33N. The van der Waals surface area contributed by atoms with E-state index in [1.54, 1.807) is 0 Å². The first-order chi connectivity index (χ1) is 7.47. The molecule has 1 unspecified atom stereocenters. The van der Waals surface area contributed by atoms with Gasteiger partial charge in [0, 0.05) is 19.1 Å². The second-order valence-corrected chi connectivity index (χ2v) is 8.47. The molecule has 0 bridgehead atoms. The normalized spacial score (nSPS) is 31.6. The van der Waals surface area contributed by atoms with Crippen LogP contribution in [0.3, 0.4) is 0 Å². The third-order valence-corrected chi connectivity index (χ3v) is 5.08. The van der Waals surface area contributed by atoms with E-state index in [2.05, 4.69) is 60.3 Å². The second-order valence-electron chi connectivity index (χ2n) is 8.47. The van der Waals surface area contributed by atoms with Crippen LogP contribution in [0.25, 0.3) is 0 Å². The minimum Gasteiger partial charge on any atom is -0.300 e. The maximum absolute atomic E-state index is 2.69. The lowest BCUT2D eigenvalue weighted by molar-refractivity contribution is 0.0457. The summed E-state index contributed by atoms with van der Waals surface area (Å²) in [5, 5.41) is 0. The fourth-order valence-electron chi connectivity index (χ4n) is 2.80. The molecule has 0 saturated carbocycles. The molecule has 1 fully saturated rings. The zero-order chi connectivity index (χ0) is 13.5. The van der Waals surface area contributed by atoms with E-state index >= 15 is 0 Å². The Hall–Kier alpha value is -0.0400. The van der Waals surface area contributed by atoms with Crippen LogP contribution in [0.1, 0.15) is 68.2 Å². The zero-order valence-electron chi connectivity index (χ0n) is 13.4. The van der Waals surface area contributed by atoms with E-state index in [0.717, 1.165) is 0 Å². The van der Waals surface area contributed by atoms with Gasteiger partial charge in [-0.15, -0.1) is 0 Å². The van der Waals surface area contributed by atoms with Gasteiger partial charge in [0.1, 0.15) is 0 Å². The van der Waals surface area contributed by atoms with Crippen LogP contribution >= 0.6 is 0 Å². The summed E-state index contributed by atoms with van der Waals surface area (Å²) in [4.78, 5) is 2.69. The smallest absolute Gasteiger partial charge is 0.00433 e. The van der Waals surface area contributed by atoms with Crippen molar-refractivity contribution < 1.29 is 0 Å². The Bertz CT molecular complexity index is 259. The molecule has 102 valence electrons. The van der Waals surface area contributed by atoms with Crippen LogP contribution in [-0.4, -0.2) is 24.0 Å². The summed E-state index contributed by atoms with van der Waals surface area (Å²) in [5.74, 6) is 0. The summed E-state index contributed by atoms with van der Waals surface area (Å²) in [6.45, 7) is 21.7. The van der Waals surface area contributed by atoms with Crippen molar-refractivity contribution in [2.75, 3.05) is 13.1 Å². The van der Waals surface area contributed by atoms with Crippen molar-refractivity contribution in [1.82, 2.24) is 4.90 Å². The third kappa shape index (κ3) is 3.47. The zero-order valence-corrected chi connectivity index (χ0v) is 13.4. The molecule has 1 rings (SSSR count). The Morgan fingerprint density at radius 1 is 0.941 bits per heavy atom. The molecule has 0 radical (unpaired) electrons. The highest BCUT2D eigenvalue weighted by Crippen LogP contribution is 2.47. The Morgan fingerprint density at radius 2 is 1.47 bits per heavy atom. The van der Waals surface area contributed by atoms with Crippen LogP contribution in [0.2, 0.25) is 0 Å². The molecule has 0 N–H and O–H groups in total. The molecule has 17 heavy (non-hydrogen) atoms. The summed E-state index contributed by atoms with van der Waals surface area (Å²) >= 11 is 0. The Kier molecular flexibility index (Phi) is 4.04. The minimum atomic E-state index is 0.389. The van der Waals surface area contributed by atoms with Gasteiger partial charge < -0.3 is 0 Å². The van der Waals surface area contributed by atoms with Gasteiger partial charge in [-0.25, -0.2) is 0 Å². The summed E-state index contributed by atoms with van der Waals surface area (Å²) in [5.41, 5.74) is 1.29. The maximum atomic E-state index is 2.69. The Balaban J connectivity index is 2.98. The van der Waals surface area contributed by atoms with Crippen molar-refractivity contribution in [3.05, 3.63) is 0 Å². The average molecular weight is 239 g/mol. The highest BCUT2D eigenvalue weighted by atomic mass is 15.2. The van der Waals surface area contributed by atoms with Crippen molar-refractivity contribution in [3.8, 4) is 0 Å². The van der Waals surface area contributed by atoms with E-state index in [-0.39, 0.29) is 0 Å². The van der Waals surface area contributed by atoms with E-state index < -0.39 is 0 Å². The highest BCUT2D eigenvalue weighted by Gasteiger charge is 2.43. The van der Waals surface area contributed by atoms with Gasteiger partial charge in [-0.2, -0.15) is 0 Å². The van der Waals surface area contributed by atoms with Gasteiger partial charge in [0.25, 0.3) is 0 Å². The third-order valence-electron chi connectivity index (χ3n) is 5.08. The maximum Gasteiger partial charge on any atom is 0.00433 e. The SMILES string of the molecule is CC(C)N1CC(C)(C)CCC(C)(C(C)(C)C)C1. The molecule has 0 aromatic rings. The van der Waals surface area contributed by atoms with Crippen molar-refractivity contribution in [3.63, 3.8) is 0 Å². The van der Waals surface area contributed by atoms with E-state index in [0.29, 0.717) is 22.3 Å². The van der Waals surface area contributed by atoms with Crippen molar-refractivity contribution >= 4 is 0 Å². The quantitative estimate of drug-likeness (QED) is 0.648. The molecule has 1 heteroatoms. The molecule has 0 amide bonds. The largest absolute Gasteiger partial charge is 0.300 e. The molecule has 1 atom stereocenters. The van der Waals surface area contributed by atoms with Crippen LogP contribution in [-0.2, 0) is 0 Å². The van der Waals surface area contributed by atoms with Crippen molar-refractivity contribution in [2.24, 2.45) is 16.2 Å². The van der Waals surface area contributed by atoms with E-state index in [9.17, 15) is 0 Å². The number of hydrogen-bond donors (Lipinski definition) is 0. The van der Waals surface area contributed by atoms with Crippen molar-refractivity contribution in [1.29, 1.82) is 0 Å². The number of nitrogens with zero attached hydrogens (tertiary/aromatic N) is 1. The van der Waals surface area contributed by atoms with Gasteiger partial charge in [-0.3, -0.25) is 4.90 Å². The van der Waals surface area contributed by atoms with Gasteiger partial charge >= 0.3 is 0 Å². The lowest BCUT2D eigenvalue weighted by Gasteiger charge is -2.44. The lowest BCUT2D eigenvalue weighted by Crippen LogP contribution is -2.45. The number of rotatable bonds is 1.